The van der Waals surface area contributed by atoms with Gasteiger partial charge in [-0.25, -0.2) is 9.37 Å². The Labute approximate surface area is 204 Å². The fourth-order valence-electron chi connectivity index (χ4n) is 6.86. The number of imidazole rings is 1. The smallest absolute Gasteiger partial charge is 0.253 e. The number of aromatic nitrogens is 3. The van der Waals surface area contributed by atoms with E-state index in [0.29, 0.717) is 35.2 Å². The van der Waals surface area contributed by atoms with Crippen LogP contribution in [0.1, 0.15) is 53.8 Å². The minimum atomic E-state index is -0.189. The Kier molecular flexibility index (Phi) is 5.35. The number of rotatable bonds is 5. The molecule has 6 rings (SSSR count). The molecule has 5 nitrogen and oxygen atoms in total. The number of nitrogens with one attached hydrogen (secondary N) is 1. The van der Waals surface area contributed by atoms with Gasteiger partial charge in [-0.3, -0.25) is 9.78 Å². The van der Waals surface area contributed by atoms with E-state index in [1.165, 1.54) is 30.9 Å². The van der Waals surface area contributed by atoms with Gasteiger partial charge in [0.15, 0.2) is 0 Å². The average Bonchev–Trinajstić information content (AvgIpc) is 3.56. The lowest BCUT2D eigenvalue weighted by Crippen LogP contribution is -2.24. The van der Waals surface area contributed by atoms with Gasteiger partial charge in [-0.1, -0.05) is 6.92 Å². The third-order valence-corrected chi connectivity index (χ3v) is 8.48. The first-order valence-electron chi connectivity index (χ1n) is 12.6. The number of hydrogen-bond acceptors (Lipinski definition) is 3. The summed E-state index contributed by atoms with van der Waals surface area (Å²) >= 11 is 0. The van der Waals surface area contributed by atoms with E-state index in [4.69, 9.17) is 4.98 Å². The molecule has 2 fully saturated rings. The van der Waals surface area contributed by atoms with E-state index in [2.05, 4.69) is 23.0 Å². The third kappa shape index (κ3) is 3.89. The van der Waals surface area contributed by atoms with E-state index in [0.717, 1.165) is 34.2 Å². The zero-order valence-corrected chi connectivity index (χ0v) is 20.5. The monoisotopic (exact) mass is 470 g/mol. The quantitative estimate of drug-likeness (QED) is 0.391. The van der Waals surface area contributed by atoms with E-state index >= 15 is 0 Å². The van der Waals surface area contributed by atoms with E-state index in [1.807, 2.05) is 24.4 Å². The van der Waals surface area contributed by atoms with Gasteiger partial charge in [-0.2, -0.15) is 0 Å². The number of carbonyl (C=O) groups excluding carboxylic acids is 1. The molecule has 0 radical (unpaired) electrons. The van der Waals surface area contributed by atoms with Crippen LogP contribution in [0.3, 0.4) is 0 Å². The van der Waals surface area contributed by atoms with Crippen LogP contribution in [-0.4, -0.2) is 39.9 Å². The fraction of sp³-hybridized carbons (Fsp3) is 0.414. The fourth-order valence-corrected chi connectivity index (χ4v) is 6.86. The van der Waals surface area contributed by atoms with Crippen molar-refractivity contribution in [2.45, 2.75) is 38.5 Å². The molecule has 2 bridgehead atoms. The van der Waals surface area contributed by atoms with Crippen molar-refractivity contribution < 1.29 is 9.18 Å². The van der Waals surface area contributed by atoms with Crippen molar-refractivity contribution in [2.24, 2.45) is 23.7 Å². The Hall–Kier alpha value is -3.28. The topological polar surface area (TPSA) is 61.9 Å². The normalized spacial score (nSPS) is 24.3. The van der Waals surface area contributed by atoms with Crippen LogP contribution in [0.25, 0.3) is 21.9 Å². The van der Waals surface area contributed by atoms with Gasteiger partial charge in [-0.05, 0) is 96.9 Å². The molecular weight excluding hydrogens is 439 g/mol. The summed E-state index contributed by atoms with van der Waals surface area (Å²) in [5.41, 5.74) is 4.65. The minimum Gasteiger partial charge on any atom is -0.345 e. The SMILES string of the molecule is CC(Cc1nc2cc(C(=O)N(C)C)ccc2[nH]1)C1CC2CC1CC2c1ccnc2ccc(F)cc12. The zero-order chi connectivity index (χ0) is 24.3. The van der Waals surface area contributed by atoms with E-state index in [1.54, 1.807) is 31.1 Å². The molecule has 2 heterocycles. The van der Waals surface area contributed by atoms with Gasteiger partial charge in [0.1, 0.15) is 11.6 Å². The first-order valence-corrected chi connectivity index (χ1v) is 12.6. The van der Waals surface area contributed by atoms with Crippen molar-refractivity contribution in [1.29, 1.82) is 0 Å². The molecule has 2 aromatic carbocycles. The van der Waals surface area contributed by atoms with Crippen LogP contribution in [0.5, 0.6) is 0 Å². The standard InChI is InChI=1S/C29H31FN4O/c1-16(10-28-32-26-6-4-17(14-27(26)33-28)29(35)34(2)3)22-12-19-11-18(22)13-23(19)21-8-9-31-25-7-5-20(30)15-24(21)25/h4-9,14-16,18-19,22-23H,10-13H2,1-3H3,(H,32,33). The van der Waals surface area contributed by atoms with Gasteiger partial charge in [0, 0.05) is 37.7 Å². The number of benzene rings is 2. The Morgan fingerprint density at radius 3 is 2.71 bits per heavy atom. The van der Waals surface area contributed by atoms with Crippen LogP contribution in [0.4, 0.5) is 4.39 Å². The molecule has 0 spiro atoms. The molecule has 4 aromatic rings. The second-order valence-electron chi connectivity index (χ2n) is 10.9. The Morgan fingerprint density at radius 1 is 1.09 bits per heavy atom. The van der Waals surface area contributed by atoms with E-state index in [9.17, 15) is 9.18 Å². The highest BCUT2D eigenvalue weighted by Crippen LogP contribution is 2.58. The maximum atomic E-state index is 14.0. The first kappa shape index (κ1) is 22.2. The molecule has 5 unspecified atom stereocenters. The first-order chi connectivity index (χ1) is 16.9. The zero-order valence-electron chi connectivity index (χ0n) is 20.5. The molecule has 6 heteroatoms. The lowest BCUT2D eigenvalue weighted by atomic mass is 9.73. The lowest BCUT2D eigenvalue weighted by molar-refractivity contribution is 0.0827. The predicted molar refractivity (Wildman–Crippen MR) is 136 cm³/mol. The molecule has 2 aliphatic rings. The molecule has 2 saturated carbocycles. The van der Waals surface area contributed by atoms with Crippen molar-refractivity contribution in [2.75, 3.05) is 14.1 Å². The van der Waals surface area contributed by atoms with Crippen molar-refractivity contribution in [3.63, 3.8) is 0 Å². The highest BCUT2D eigenvalue weighted by atomic mass is 19.1. The Morgan fingerprint density at radius 2 is 1.94 bits per heavy atom. The molecule has 2 aromatic heterocycles. The molecule has 35 heavy (non-hydrogen) atoms. The number of amides is 1. The second-order valence-corrected chi connectivity index (χ2v) is 10.9. The van der Waals surface area contributed by atoms with Gasteiger partial charge in [0.2, 0.25) is 0 Å². The van der Waals surface area contributed by atoms with E-state index < -0.39 is 0 Å². The molecule has 0 aliphatic heterocycles. The summed E-state index contributed by atoms with van der Waals surface area (Å²) in [7, 11) is 3.53. The number of carbonyl (C=O) groups is 1. The lowest BCUT2D eigenvalue weighted by Gasteiger charge is -2.32. The number of halogens is 1. The second kappa shape index (κ2) is 8.43. The molecular formula is C29H31FN4O. The summed E-state index contributed by atoms with van der Waals surface area (Å²) in [4.78, 5) is 26.6. The molecule has 180 valence electrons. The van der Waals surface area contributed by atoms with Crippen molar-refractivity contribution in [1.82, 2.24) is 19.9 Å². The minimum absolute atomic E-state index is 0.00827. The maximum Gasteiger partial charge on any atom is 0.253 e. The third-order valence-electron chi connectivity index (χ3n) is 8.48. The molecule has 2 aliphatic carbocycles. The molecule has 0 saturated heterocycles. The Bertz CT molecular complexity index is 1430. The highest BCUT2D eigenvalue weighted by Gasteiger charge is 2.48. The van der Waals surface area contributed by atoms with E-state index in [-0.39, 0.29) is 11.7 Å². The number of fused-ring (bicyclic) bond motifs is 4. The summed E-state index contributed by atoms with van der Waals surface area (Å²) in [6, 6.07) is 12.7. The molecule has 1 amide bonds. The largest absolute Gasteiger partial charge is 0.345 e. The van der Waals surface area contributed by atoms with Crippen LogP contribution in [0.15, 0.2) is 48.7 Å². The number of hydrogen-bond donors (Lipinski definition) is 1. The van der Waals surface area contributed by atoms with Crippen LogP contribution < -0.4 is 0 Å². The van der Waals surface area contributed by atoms with Gasteiger partial charge in [-0.15, -0.1) is 0 Å². The van der Waals surface area contributed by atoms with Crippen molar-refractivity contribution in [3.8, 4) is 0 Å². The van der Waals surface area contributed by atoms with Crippen molar-refractivity contribution in [3.05, 3.63) is 71.4 Å². The number of nitrogens with zero attached hydrogens (tertiary/aromatic N) is 3. The predicted octanol–water partition coefficient (Wildman–Crippen LogP) is 5.96. The average molecular weight is 471 g/mol. The number of aromatic amines is 1. The Balaban J connectivity index is 1.17. The summed E-state index contributed by atoms with van der Waals surface area (Å²) in [6.07, 6.45) is 6.44. The van der Waals surface area contributed by atoms with Gasteiger partial charge in [0.25, 0.3) is 5.91 Å². The summed E-state index contributed by atoms with van der Waals surface area (Å²) in [5, 5.41) is 0.976. The highest BCUT2D eigenvalue weighted by molar-refractivity contribution is 5.97. The summed E-state index contributed by atoms with van der Waals surface area (Å²) < 4.78 is 14.0. The summed E-state index contributed by atoms with van der Waals surface area (Å²) in [5.74, 6) is 3.85. The molecule has 5 atom stereocenters. The summed E-state index contributed by atoms with van der Waals surface area (Å²) in [6.45, 7) is 2.35. The van der Waals surface area contributed by atoms with Crippen LogP contribution in [0.2, 0.25) is 0 Å². The van der Waals surface area contributed by atoms with Crippen LogP contribution >= 0.6 is 0 Å². The van der Waals surface area contributed by atoms with Crippen LogP contribution in [0, 0.1) is 29.5 Å². The van der Waals surface area contributed by atoms with Gasteiger partial charge < -0.3 is 9.88 Å². The van der Waals surface area contributed by atoms with Gasteiger partial charge in [0.05, 0.1) is 16.6 Å². The van der Waals surface area contributed by atoms with Crippen molar-refractivity contribution >= 4 is 27.8 Å². The number of pyridine rings is 1. The number of H-pyrrole nitrogens is 1. The molecule has 1 N–H and O–H groups in total. The van der Waals surface area contributed by atoms with Gasteiger partial charge >= 0.3 is 0 Å². The van der Waals surface area contributed by atoms with Crippen LogP contribution in [-0.2, 0) is 6.42 Å². The maximum absolute atomic E-state index is 14.0.